The maximum Gasteiger partial charge on any atom is 0.0300 e. The van der Waals surface area contributed by atoms with Crippen LogP contribution in [0.3, 0.4) is 0 Å². The smallest absolute Gasteiger partial charge is 0.0300 e. The quantitative estimate of drug-likeness (QED) is 0.848. The number of hydrogen-bond acceptors (Lipinski definition) is 3. The summed E-state index contributed by atoms with van der Waals surface area (Å²) >= 11 is 1.78. The average molecular weight is 238 g/mol. The zero-order valence-corrected chi connectivity index (χ0v) is 11.1. The maximum atomic E-state index is 3.65. The molecule has 0 amide bonds. The number of nitrogens with one attached hydrogen (secondary N) is 1. The van der Waals surface area contributed by atoms with Crippen LogP contribution in [0.1, 0.15) is 31.9 Å². The number of likely N-dealkylation sites (tertiary alicyclic amines) is 1. The van der Waals surface area contributed by atoms with Gasteiger partial charge in [0.2, 0.25) is 0 Å². The summed E-state index contributed by atoms with van der Waals surface area (Å²) in [7, 11) is 0. The molecule has 0 spiro atoms. The molecular formula is C13H22N2S. The minimum Gasteiger partial charge on any atom is -0.310 e. The van der Waals surface area contributed by atoms with E-state index >= 15 is 0 Å². The second-order valence-corrected chi connectivity index (χ2v) is 5.51. The number of rotatable bonds is 5. The monoisotopic (exact) mass is 238 g/mol. The molecule has 1 aromatic rings. The Morgan fingerprint density at radius 3 is 3.12 bits per heavy atom. The molecule has 1 aliphatic rings. The lowest BCUT2D eigenvalue weighted by molar-refractivity contribution is 0.336. The predicted molar refractivity (Wildman–Crippen MR) is 71.0 cm³/mol. The maximum absolute atomic E-state index is 3.65. The molecule has 2 heterocycles. The molecule has 0 bridgehead atoms. The summed E-state index contributed by atoms with van der Waals surface area (Å²) in [4.78, 5) is 2.54. The lowest BCUT2D eigenvalue weighted by atomic mass is 10.1. The van der Waals surface area contributed by atoms with Crippen molar-refractivity contribution in [3.8, 4) is 0 Å². The van der Waals surface area contributed by atoms with Crippen molar-refractivity contribution in [2.24, 2.45) is 5.92 Å². The van der Waals surface area contributed by atoms with Gasteiger partial charge in [-0.05, 0) is 61.3 Å². The first-order valence-corrected chi connectivity index (χ1v) is 7.21. The van der Waals surface area contributed by atoms with E-state index < -0.39 is 0 Å². The highest BCUT2D eigenvalue weighted by Crippen LogP contribution is 2.18. The van der Waals surface area contributed by atoms with Gasteiger partial charge in [0.15, 0.2) is 0 Å². The van der Waals surface area contributed by atoms with E-state index in [0.29, 0.717) is 6.04 Å². The van der Waals surface area contributed by atoms with Crippen LogP contribution in [0.5, 0.6) is 0 Å². The fourth-order valence-electron chi connectivity index (χ4n) is 2.35. The van der Waals surface area contributed by atoms with Crippen molar-refractivity contribution in [2.75, 3.05) is 26.2 Å². The first-order valence-electron chi connectivity index (χ1n) is 6.27. The Morgan fingerprint density at radius 1 is 1.62 bits per heavy atom. The first-order chi connectivity index (χ1) is 7.79. The zero-order valence-electron chi connectivity index (χ0n) is 10.3. The SMILES string of the molecule is CCN1CCC(CNC(C)c2ccsc2)C1. The highest BCUT2D eigenvalue weighted by molar-refractivity contribution is 7.07. The third-order valence-electron chi connectivity index (χ3n) is 3.57. The number of hydrogen-bond donors (Lipinski definition) is 1. The van der Waals surface area contributed by atoms with E-state index in [-0.39, 0.29) is 0 Å². The molecule has 2 unspecified atom stereocenters. The molecule has 0 aliphatic carbocycles. The minimum absolute atomic E-state index is 0.502. The fraction of sp³-hybridized carbons (Fsp3) is 0.692. The van der Waals surface area contributed by atoms with Gasteiger partial charge in [0, 0.05) is 12.6 Å². The van der Waals surface area contributed by atoms with Gasteiger partial charge in [-0.25, -0.2) is 0 Å². The highest BCUT2D eigenvalue weighted by atomic mass is 32.1. The largest absolute Gasteiger partial charge is 0.310 e. The molecule has 0 aromatic carbocycles. The van der Waals surface area contributed by atoms with E-state index in [2.05, 4.69) is 40.9 Å². The van der Waals surface area contributed by atoms with Crippen molar-refractivity contribution < 1.29 is 0 Å². The predicted octanol–water partition coefficient (Wildman–Crippen LogP) is 2.74. The summed E-state index contributed by atoms with van der Waals surface area (Å²) in [5, 5.41) is 8.05. The summed E-state index contributed by atoms with van der Waals surface area (Å²) in [6, 6.07) is 2.72. The molecule has 1 fully saturated rings. The molecule has 1 N–H and O–H groups in total. The molecule has 0 saturated carbocycles. The van der Waals surface area contributed by atoms with E-state index in [1.54, 1.807) is 11.3 Å². The molecule has 1 saturated heterocycles. The van der Waals surface area contributed by atoms with Gasteiger partial charge in [-0.15, -0.1) is 0 Å². The van der Waals surface area contributed by atoms with Crippen LogP contribution in [0.25, 0.3) is 0 Å². The van der Waals surface area contributed by atoms with E-state index in [0.717, 1.165) is 12.5 Å². The van der Waals surface area contributed by atoms with Gasteiger partial charge in [-0.1, -0.05) is 6.92 Å². The van der Waals surface area contributed by atoms with Crippen molar-refractivity contribution in [1.29, 1.82) is 0 Å². The topological polar surface area (TPSA) is 15.3 Å². The Balaban J connectivity index is 1.72. The van der Waals surface area contributed by atoms with E-state index in [1.165, 1.54) is 31.6 Å². The van der Waals surface area contributed by atoms with Crippen LogP contribution in [-0.4, -0.2) is 31.1 Å². The molecule has 3 heteroatoms. The van der Waals surface area contributed by atoms with Crippen LogP contribution in [-0.2, 0) is 0 Å². The van der Waals surface area contributed by atoms with Gasteiger partial charge in [0.05, 0.1) is 0 Å². The molecule has 2 nitrogen and oxygen atoms in total. The Labute approximate surface area is 103 Å². The van der Waals surface area contributed by atoms with Crippen molar-refractivity contribution in [3.05, 3.63) is 22.4 Å². The Kier molecular flexibility index (Phi) is 4.38. The minimum atomic E-state index is 0.502. The van der Waals surface area contributed by atoms with Crippen molar-refractivity contribution in [1.82, 2.24) is 10.2 Å². The third-order valence-corrected chi connectivity index (χ3v) is 4.27. The van der Waals surface area contributed by atoms with Crippen LogP contribution in [0, 0.1) is 5.92 Å². The third kappa shape index (κ3) is 3.06. The van der Waals surface area contributed by atoms with Gasteiger partial charge in [-0.3, -0.25) is 0 Å². The van der Waals surface area contributed by atoms with E-state index in [4.69, 9.17) is 0 Å². The fourth-order valence-corrected chi connectivity index (χ4v) is 3.10. The van der Waals surface area contributed by atoms with Gasteiger partial charge in [0.25, 0.3) is 0 Å². The molecule has 16 heavy (non-hydrogen) atoms. The Hall–Kier alpha value is -0.380. The van der Waals surface area contributed by atoms with Crippen molar-refractivity contribution >= 4 is 11.3 Å². The van der Waals surface area contributed by atoms with Crippen LogP contribution in [0.2, 0.25) is 0 Å². The Morgan fingerprint density at radius 2 is 2.50 bits per heavy atom. The molecule has 1 aliphatic heterocycles. The summed E-state index contributed by atoms with van der Waals surface area (Å²) < 4.78 is 0. The standard InChI is InChI=1S/C13H22N2S/c1-3-15-6-4-12(9-15)8-14-11(2)13-5-7-16-10-13/h5,7,10-12,14H,3-4,6,8-9H2,1-2H3. The van der Waals surface area contributed by atoms with Crippen LogP contribution >= 0.6 is 11.3 Å². The summed E-state index contributed by atoms with van der Waals surface area (Å²) in [5.41, 5.74) is 1.43. The van der Waals surface area contributed by atoms with Crippen molar-refractivity contribution in [2.45, 2.75) is 26.3 Å². The molecule has 0 radical (unpaired) electrons. The van der Waals surface area contributed by atoms with Gasteiger partial charge >= 0.3 is 0 Å². The lowest BCUT2D eigenvalue weighted by Crippen LogP contribution is -2.28. The summed E-state index contributed by atoms with van der Waals surface area (Å²) in [5.74, 6) is 0.848. The molecular weight excluding hydrogens is 216 g/mol. The number of thiophene rings is 1. The molecule has 90 valence electrons. The second kappa shape index (κ2) is 5.80. The van der Waals surface area contributed by atoms with Gasteiger partial charge < -0.3 is 10.2 Å². The molecule has 1 aromatic heterocycles. The van der Waals surface area contributed by atoms with E-state index in [1.807, 2.05) is 0 Å². The second-order valence-electron chi connectivity index (χ2n) is 4.73. The van der Waals surface area contributed by atoms with Gasteiger partial charge in [-0.2, -0.15) is 11.3 Å². The highest BCUT2D eigenvalue weighted by Gasteiger charge is 2.21. The number of nitrogens with zero attached hydrogens (tertiary/aromatic N) is 1. The van der Waals surface area contributed by atoms with Crippen LogP contribution in [0.4, 0.5) is 0 Å². The van der Waals surface area contributed by atoms with Crippen LogP contribution < -0.4 is 5.32 Å². The first kappa shape index (κ1) is 12.1. The summed E-state index contributed by atoms with van der Waals surface area (Å²) in [6.07, 6.45) is 1.36. The zero-order chi connectivity index (χ0) is 11.4. The summed E-state index contributed by atoms with van der Waals surface area (Å²) in [6.45, 7) is 9.44. The normalized spacial score (nSPS) is 23.8. The van der Waals surface area contributed by atoms with Crippen LogP contribution in [0.15, 0.2) is 16.8 Å². The Bertz CT molecular complexity index is 297. The molecule has 2 atom stereocenters. The van der Waals surface area contributed by atoms with Crippen molar-refractivity contribution in [3.63, 3.8) is 0 Å². The molecule has 2 rings (SSSR count). The van der Waals surface area contributed by atoms with E-state index in [9.17, 15) is 0 Å². The average Bonchev–Trinajstić information content (AvgIpc) is 2.96. The van der Waals surface area contributed by atoms with Gasteiger partial charge in [0.1, 0.15) is 0 Å². The lowest BCUT2D eigenvalue weighted by Gasteiger charge is -2.17.